The van der Waals surface area contributed by atoms with Gasteiger partial charge in [0.25, 0.3) is 0 Å². The first-order valence-corrected chi connectivity index (χ1v) is 11.5. The van der Waals surface area contributed by atoms with Crippen molar-refractivity contribution < 1.29 is 9.90 Å². The van der Waals surface area contributed by atoms with Gasteiger partial charge < -0.3 is 5.11 Å². The zero-order valence-electron chi connectivity index (χ0n) is 15.6. The molecule has 3 heteroatoms. The minimum atomic E-state index is -0.452. The van der Waals surface area contributed by atoms with Crippen molar-refractivity contribution in [3.63, 3.8) is 0 Å². The smallest absolute Gasteiger partial charge is 0.139 e. The quantitative estimate of drug-likeness (QED) is 0.785. The predicted octanol–water partition coefficient (Wildman–Crippen LogP) is 4.69. The van der Waals surface area contributed by atoms with Gasteiger partial charge in [-0.25, -0.2) is 0 Å². The monoisotopic (exact) mass is 350 g/mol. The highest BCUT2D eigenvalue weighted by Gasteiger charge is 2.62. The van der Waals surface area contributed by atoms with E-state index < -0.39 is 5.60 Å². The zero-order valence-corrected chi connectivity index (χ0v) is 16.5. The number of Topliss-reactive ketones (excluding diaryl/α,β-unsaturated/α-hetero) is 1. The molecule has 0 heterocycles. The van der Waals surface area contributed by atoms with Crippen molar-refractivity contribution in [3.8, 4) is 0 Å². The molecule has 0 saturated heterocycles. The molecule has 4 saturated carbocycles. The Labute approximate surface area is 151 Å². The fraction of sp³-hybridized carbons (Fsp3) is 0.952. The molecule has 0 radical (unpaired) electrons. The van der Waals surface area contributed by atoms with Gasteiger partial charge in [-0.3, -0.25) is 4.79 Å². The van der Waals surface area contributed by atoms with Crippen LogP contribution in [0.5, 0.6) is 0 Å². The van der Waals surface area contributed by atoms with Gasteiger partial charge >= 0.3 is 0 Å². The number of hydrogen-bond acceptors (Lipinski definition) is 3. The van der Waals surface area contributed by atoms with Crippen LogP contribution in [0, 0.1) is 34.5 Å². The van der Waals surface area contributed by atoms with Gasteiger partial charge in [0, 0.05) is 11.8 Å². The molecule has 0 bridgehead atoms. The van der Waals surface area contributed by atoms with E-state index >= 15 is 0 Å². The van der Waals surface area contributed by atoms with Crippen molar-refractivity contribution in [1.29, 1.82) is 0 Å². The third-order valence-electron chi connectivity index (χ3n) is 8.77. The topological polar surface area (TPSA) is 37.3 Å². The number of hydrogen-bond donors (Lipinski definition) is 1. The van der Waals surface area contributed by atoms with Crippen molar-refractivity contribution in [2.45, 2.75) is 77.2 Å². The first-order chi connectivity index (χ1) is 11.3. The molecule has 0 aromatic carbocycles. The lowest BCUT2D eigenvalue weighted by Gasteiger charge is -2.62. The van der Waals surface area contributed by atoms with Gasteiger partial charge in [0.05, 0.1) is 5.60 Å². The van der Waals surface area contributed by atoms with Crippen molar-refractivity contribution >= 4 is 17.5 Å². The van der Waals surface area contributed by atoms with Crippen molar-refractivity contribution in [2.75, 3.05) is 12.0 Å². The van der Waals surface area contributed by atoms with Crippen LogP contribution in [0.3, 0.4) is 0 Å². The number of aliphatic hydroxyl groups is 1. The first-order valence-electron chi connectivity index (χ1n) is 10.1. The van der Waals surface area contributed by atoms with Crippen LogP contribution in [-0.4, -0.2) is 28.5 Å². The Kier molecular flexibility index (Phi) is 4.16. The molecule has 0 aromatic heterocycles. The molecular weight excluding hydrogens is 316 g/mol. The fourth-order valence-electron chi connectivity index (χ4n) is 7.55. The highest BCUT2D eigenvalue weighted by atomic mass is 32.2. The SMILES string of the molecule is CSC[C@]12CC[C@@](C)(O)C[C@H]1CC[C@@H]1[C@@H]2CC[C@]2(C)C(=O)CC[C@@H]12. The molecule has 2 nitrogen and oxygen atoms in total. The summed E-state index contributed by atoms with van der Waals surface area (Å²) in [6.07, 6.45) is 12.4. The Morgan fingerprint density at radius 2 is 1.88 bits per heavy atom. The Bertz CT molecular complexity index is 530. The Hall–Kier alpha value is -0.0200. The number of rotatable bonds is 2. The number of carbonyl (C=O) groups is 1. The van der Waals surface area contributed by atoms with E-state index in [0.29, 0.717) is 23.0 Å². The van der Waals surface area contributed by atoms with E-state index in [4.69, 9.17) is 0 Å². The van der Waals surface area contributed by atoms with Crippen LogP contribution in [0.4, 0.5) is 0 Å². The summed E-state index contributed by atoms with van der Waals surface area (Å²) in [5.41, 5.74) is -0.0296. The third kappa shape index (κ3) is 2.36. The van der Waals surface area contributed by atoms with E-state index in [0.717, 1.165) is 43.9 Å². The average molecular weight is 351 g/mol. The van der Waals surface area contributed by atoms with Crippen LogP contribution in [0.25, 0.3) is 0 Å². The van der Waals surface area contributed by atoms with Crippen molar-refractivity contribution in [2.24, 2.45) is 34.5 Å². The third-order valence-corrected chi connectivity index (χ3v) is 9.60. The molecule has 4 aliphatic carbocycles. The summed E-state index contributed by atoms with van der Waals surface area (Å²) in [4.78, 5) is 12.5. The Morgan fingerprint density at radius 3 is 2.62 bits per heavy atom. The standard InChI is InChI=1S/C21H34O2S/c1-19(23)10-11-21(13-24-3)14(12-19)4-5-15-16-6-7-18(22)20(16,2)9-8-17(15)21/h14-17,23H,4-13H2,1-3H3/t14-,15+,16+,17+,19-,20+,21-/m1/s1. The van der Waals surface area contributed by atoms with E-state index in [2.05, 4.69) is 20.1 Å². The molecule has 24 heavy (non-hydrogen) atoms. The van der Waals surface area contributed by atoms with E-state index in [9.17, 15) is 9.90 Å². The van der Waals surface area contributed by atoms with E-state index in [-0.39, 0.29) is 5.41 Å². The van der Waals surface area contributed by atoms with Crippen LogP contribution < -0.4 is 0 Å². The van der Waals surface area contributed by atoms with E-state index in [1.807, 2.05) is 11.8 Å². The van der Waals surface area contributed by atoms with Crippen LogP contribution >= 0.6 is 11.8 Å². The minimum Gasteiger partial charge on any atom is -0.390 e. The molecule has 0 amide bonds. The minimum absolute atomic E-state index is 0.00525. The molecular formula is C21H34O2S. The second-order valence-corrected chi connectivity index (χ2v) is 10.8. The van der Waals surface area contributed by atoms with Crippen LogP contribution in [0.15, 0.2) is 0 Å². The molecule has 4 fully saturated rings. The summed E-state index contributed by atoms with van der Waals surface area (Å²) >= 11 is 2.02. The maximum atomic E-state index is 12.5. The molecule has 7 atom stereocenters. The summed E-state index contributed by atoms with van der Waals surface area (Å²) in [5, 5.41) is 10.7. The summed E-state index contributed by atoms with van der Waals surface area (Å²) < 4.78 is 0. The summed E-state index contributed by atoms with van der Waals surface area (Å²) in [6.45, 7) is 4.33. The molecule has 0 unspecified atom stereocenters. The first kappa shape index (κ1) is 17.4. The largest absolute Gasteiger partial charge is 0.390 e. The molecule has 136 valence electrons. The lowest BCUT2D eigenvalue weighted by Crippen LogP contribution is -2.57. The molecule has 1 N–H and O–H groups in total. The predicted molar refractivity (Wildman–Crippen MR) is 100 cm³/mol. The van der Waals surface area contributed by atoms with Crippen LogP contribution in [0.1, 0.15) is 71.6 Å². The second kappa shape index (κ2) is 5.74. The summed E-state index contributed by atoms with van der Waals surface area (Å²) in [7, 11) is 0. The molecule has 4 rings (SSSR count). The van der Waals surface area contributed by atoms with Crippen molar-refractivity contribution in [1.82, 2.24) is 0 Å². The van der Waals surface area contributed by atoms with Gasteiger partial charge in [-0.2, -0.15) is 11.8 Å². The number of fused-ring (bicyclic) bond motifs is 5. The fourth-order valence-corrected chi connectivity index (χ4v) is 8.69. The molecule has 0 aliphatic heterocycles. The van der Waals surface area contributed by atoms with Gasteiger partial charge in [-0.1, -0.05) is 6.92 Å². The second-order valence-electron chi connectivity index (χ2n) is 9.94. The normalized spacial score (nSPS) is 54.1. The van der Waals surface area contributed by atoms with Gasteiger partial charge in [-0.05, 0) is 99.4 Å². The van der Waals surface area contributed by atoms with E-state index in [1.54, 1.807) is 0 Å². The van der Waals surface area contributed by atoms with Crippen molar-refractivity contribution in [3.05, 3.63) is 0 Å². The van der Waals surface area contributed by atoms with Gasteiger partial charge in [0.1, 0.15) is 5.78 Å². The maximum Gasteiger partial charge on any atom is 0.139 e. The van der Waals surface area contributed by atoms with Gasteiger partial charge in [0.2, 0.25) is 0 Å². The summed E-state index contributed by atoms with van der Waals surface area (Å²) in [5.74, 6) is 4.71. The number of ketones is 1. The van der Waals surface area contributed by atoms with Crippen LogP contribution in [0.2, 0.25) is 0 Å². The zero-order chi connectivity index (χ0) is 17.2. The molecule has 0 aromatic rings. The Morgan fingerprint density at radius 1 is 1.08 bits per heavy atom. The highest BCUT2D eigenvalue weighted by Crippen LogP contribution is 2.66. The van der Waals surface area contributed by atoms with Gasteiger partial charge in [0.15, 0.2) is 0 Å². The van der Waals surface area contributed by atoms with Gasteiger partial charge in [-0.15, -0.1) is 0 Å². The molecule has 0 spiro atoms. The number of thioether (sulfide) groups is 1. The lowest BCUT2D eigenvalue weighted by atomic mass is 9.44. The maximum absolute atomic E-state index is 12.5. The highest BCUT2D eigenvalue weighted by molar-refractivity contribution is 7.98. The lowest BCUT2D eigenvalue weighted by molar-refractivity contribution is -0.149. The van der Waals surface area contributed by atoms with E-state index in [1.165, 1.54) is 31.4 Å². The number of carbonyl (C=O) groups excluding carboxylic acids is 1. The Balaban J connectivity index is 1.67. The molecule has 4 aliphatic rings. The average Bonchev–Trinajstić information content (AvgIpc) is 2.83. The summed E-state index contributed by atoms with van der Waals surface area (Å²) in [6, 6.07) is 0. The van der Waals surface area contributed by atoms with Crippen LogP contribution in [-0.2, 0) is 4.79 Å².